The van der Waals surface area contributed by atoms with E-state index in [0.717, 1.165) is 6.07 Å². The topological polar surface area (TPSA) is 54.4 Å². The van der Waals surface area contributed by atoms with Crippen LogP contribution in [0.15, 0.2) is 23.1 Å². The molecule has 1 aliphatic carbocycles. The van der Waals surface area contributed by atoms with Gasteiger partial charge in [0, 0.05) is 5.41 Å². The average molecular weight is 260 g/mol. The van der Waals surface area contributed by atoms with Crippen LogP contribution in [0.5, 0.6) is 0 Å². The van der Waals surface area contributed by atoms with Gasteiger partial charge in [0.25, 0.3) is 10.1 Å². The third-order valence-corrected chi connectivity index (χ3v) is 4.14. The predicted octanol–water partition coefficient (Wildman–Crippen LogP) is 2.64. The molecular formula is C11H10F2O3S. The van der Waals surface area contributed by atoms with Crippen molar-refractivity contribution in [1.29, 1.82) is 0 Å². The number of allylic oxidation sites excluding steroid dienone is 1. The van der Waals surface area contributed by atoms with Gasteiger partial charge in [0.1, 0.15) is 10.7 Å². The Morgan fingerprint density at radius 1 is 1.24 bits per heavy atom. The van der Waals surface area contributed by atoms with Crippen LogP contribution in [-0.2, 0) is 15.5 Å². The third-order valence-electron chi connectivity index (χ3n) is 2.93. The molecule has 0 bridgehead atoms. The Balaban J connectivity index is 2.88. The summed E-state index contributed by atoms with van der Waals surface area (Å²) in [5.74, 6) is -2.06. The normalized spacial score (nSPS) is 18.4. The Kier molecular flexibility index (Phi) is 2.41. The van der Waals surface area contributed by atoms with Crippen LogP contribution in [0.1, 0.15) is 25.0 Å². The van der Waals surface area contributed by atoms with E-state index in [1.54, 1.807) is 0 Å². The number of hydrogen-bond acceptors (Lipinski definition) is 2. The van der Waals surface area contributed by atoms with Gasteiger partial charge in [0.15, 0.2) is 5.83 Å². The zero-order valence-electron chi connectivity index (χ0n) is 9.16. The largest absolute Gasteiger partial charge is 0.294 e. The molecule has 1 N–H and O–H groups in total. The first-order chi connectivity index (χ1) is 7.67. The molecule has 1 aromatic rings. The molecule has 0 fully saturated rings. The molecule has 0 unspecified atom stereocenters. The molecule has 1 aliphatic rings. The quantitative estimate of drug-likeness (QED) is 0.790. The molecule has 0 atom stereocenters. The van der Waals surface area contributed by atoms with Gasteiger partial charge in [-0.05, 0) is 11.6 Å². The van der Waals surface area contributed by atoms with E-state index in [-0.39, 0.29) is 11.1 Å². The molecule has 0 amide bonds. The molecule has 3 nitrogen and oxygen atoms in total. The molecule has 1 aromatic carbocycles. The molecule has 0 heterocycles. The van der Waals surface area contributed by atoms with E-state index in [0.29, 0.717) is 0 Å². The van der Waals surface area contributed by atoms with Crippen LogP contribution in [0.3, 0.4) is 0 Å². The van der Waals surface area contributed by atoms with E-state index in [9.17, 15) is 17.2 Å². The summed E-state index contributed by atoms with van der Waals surface area (Å²) >= 11 is 0. The average Bonchev–Trinajstić information content (AvgIpc) is 2.34. The fourth-order valence-electron chi connectivity index (χ4n) is 2.21. The molecule has 0 aromatic heterocycles. The fraction of sp³-hybridized carbons (Fsp3) is 0.273. The van der Waals surface area contributed by atoms with E-state index in [2.05, 4.69) is 0 Å². The zero-order chi connectivity index (χ0) is 13.0. The molecule has 6 heteroatoms. The number of fused-ring (bicyclic) bond motifs is 1. The molecule has 0 aliphatic heterocycles. The smallest absolute Gasteiger partial charge is 0.282 e. The Morgan fingerprint density at radius 3 is 2.29 bits per heavy atom. The summed E-state index contributed by atoms with van der Waals surface area (Å²) in [5.41, 5.74) is -1.46. The minimum atomic E-state index is -4.71. The van der Waals surface area contributed by atoms with Crippen molar-refractivity contribution in [1.82, 2.24) is 0 Å². The molecular weight excluding hydrogens is 250 g/mol. The maximum absolute atomic E-state index is 13.9. The van der Waals surface area contributed by atoms with Crippen LogP contribution in [0.2, 0.25) is 0 Å². The van der Waals surface area contributed by atoms with E-state index >= 15 is 0 Å². The van der Waals surface area contributed by atoms with Gasteiger partial charge in [-0.2, -0.15) is 8.42 Å². The minimum Gasteiger partial charge on any atom is -0.282 e. The number of hydrogen-bond donors (Lipinski definition) is 1. The van der Waals surface area contributed by atoms with Crippen molar-refractivity contribution in [2.75, 3.05) is 0 Å². The highest BCUT2D eigenvalue weighted by Gasteiger charge is 2.45. The molecule has 92 valence electrons. The van der Waals surface area contributed by atoms with Crippen molar-refractivity contribution in [3.8, 4) is 0 Å². The minimum absolute atomic E-state index is 0.211. The van der Waals surface area contributed by atoms with Gasteiger partial charge in [-0.3, -0.25) is 4.55 Å². The molecule has 2 rings (SSSR count). The summed E-state index contributed by atoms with van der Waals surface area (Å²) in [6, 6.07) is 3.85. The van der Waals surface area contributed by atoms with Crippen molar-refractivity contribution < 1.29 is 21.8 Å². The lowest BCUT2D eigenvalue weighted by molar-refractivity contribution is 0.479. The lowest BCUT2D eigenvalue weighted by Crippen LogP contribution is -2.22. The summed E-state index contributed by atoms with van der Waals surface area (Å²) < 4.78 is 58.8. The van der Waals surface area contributed by atoms with Gasteiger partial charge < -0.3 is 0 Å². The highest BCUT2D eigenvalue weighted by atomic mass is 32.2. The third kappa shape index (κ3) is 1.59. The zero-order valence-corrected chi connectivity index (χ0v) is 9.98. The van der Waals surface area contributed by atoms with E-state index in [1.807, 2.05) is 0 Å². The molecule has 0 radical (unpaired) electrons. The monoisotopic (exact) mass is 260 g/mol. The lowest BCUT2D eigenvalue weighted by Gasteiger charge is -2.21. The highest BCUT2D eigenvalue weighted by Crippen LogP contribution is 2.49. The maximum Gasteiger partial charge on any atom is 0.294 e. The first-order valence-electron chi connectivity index (χ1n) is 4.84. The Morgan fingerprint density at radius 2 is 1.82 bits per heavy atom. The van der Waals surface area contributed by atoms with E-state index in [4.69, 9.17) is 4.55 Å². The van der Waals surface area contributed by atoms with Crippen molar-refractivity contribution in [2.24, 2.45) is 0 Å². The van der Waals surface area contributed by atoms with Crippen LogP contribution < -0.4 is 0 Å². The van der Waals surface area contributed by atoms with Crippen molar-refractivity contribution in [3.63, 3.8) is 0 Å². The Hall–Kier alpha value is -1.27. The van der Waals surface area contributed by atoms with Gasteiger partial charge in [0.05, 0.1) is 5.56 Å². The van der Waals surface area contributed by atoms with Crippen molar-refractivity contribution in [2.45, 2.75) is 19.3 Å². The van der Waals surface area contributed by atoms with Gasteiger partial charge >= 0.3 is 0 Å². The van der Waals surface area contributed by atoms with Crippen LogP contribution >= 0.6 is 0 Å². The summed E-state index contributed by atoms with van der Waals surface area (Å²) in [6.45, 7) is 2.84. The molecule has 0 saturated carbocycles. The SMILES string of the molecule is CC1(C)C(S(=O)(=O)O)=C(F)c2c(F)cccc21. The molecule has 17 heavy (non-hydrogen) atoms. The van der Waals surface area contributed by atoms with Crippen LogP contribution in [0.4, 0.5) is 8.78 Å². The molecule has 0 saturated heterocycles. The number of rotatable bonds is 1. The van der Waals surface area contributed by atoms with Gasteiger partial charge in [-0.25, -0.2) is 8.78 Å². The summed E-state index contributed by atoms with van der Waals surface area (Å²) in [5, 5.41) is 0. The lowest BCUT2D eigenvalue weighted by atomic mass is 9.87. The van der Waals surface area contributed by atoms with Crippen molar-refractivity contribution in [3.05, 3.63) is 40.0 Å². The Labute approximate surface area is 97.5 Å². The second-order valence-electron chi connectivity index (χ2n) is 4.41. The van der Waals surface area contributed by atoms with Gasteiger partial charge in [-0.1, -0.05) is 26.0 Å². The van der Waals surface area contributed by atoms with Gasteiger partial charge in [-0.15, -0.1) is 0 Å². The summed E-state index contributed by atoms with van der Waals surface area (Å²) in [6.07, 6.45) is 0. The van der Waals surface area contributed by atoms with Crippen LogP contribution in [-0.4, -0.2) is 13.0 Å². The number of benzene rings is 1. The first-order valence-corrected chi connectivity index (χ1v) is 6.28. The molecule has 0 spiro atoms. The van der Waals surface area contributed by atoms with Crippen LogP contribution in [0, 0.1) is 5.82 Å². The number of halogens is 2. The summed E-state index contributed by atoms with van der Waals surface area (Å²) in [4.78, 5) is -0.787. The summed E-state index contributed by atoms with van der Waals surface area (Å²) in [7, 11) is -4.71. The van der Waals surface area contributed by atoms with E-state index in [1.165, 1.54) is 26.0 Å². The maximum atomic E-state index is 13.9. The highest BCUT2D eigenvalue weighted by molar-refractivity contribution is 7.90. The van der Waals surface area contributed by atoms with Crippen LogP contribution in [0.25, 0.3) is 5.83 Å². The second-order valence-corrected chi connectivity index (χ2v) is 5.76. The standard InChI is InChI=1S/C11H10F2O3S/c1-11(2)6-4-3-5-7(12)8(6)9(13)10(11)17(14,15)16/h3-5H,1-2H3,(H,14,15,16). The Bertz CT molecular complexity index is 630. The van der Waals surface area contributed by atoms with Crippen molar-refractivity contribution >= 4 is 15.9 Å². The fourth-order valence-corrected chi connectivity index (χ4v) is 3.30. The predicted molar refractivity (Wildman–Crippen MR) is 59.0 cm³/mol. The first kappa shape index (κ1) is 12.2. The second kappa shape index (κ2) is 3.36. The van der Waals surface area contributed by atoms with E-state index < -0.39 is 32.1 Å². The van der Waals surface area contributed by atoms with Gasteiger partial charge in [0.2, 0.25) is 0 Å².